The molecule has 3 heterocycles. The van der Waals surface area contributed by atoms with Crippen LogP contribution in [0.25, 0.3) is 21.3 Å². The Morgan fingerprint density at radius 1 is 1.07 bits per heavy atom. The van der Waals surface area contributed by atoms with Crippen molar-refractivity contribution in [1.29, 1.82) is 0 Å². The number of nitrogens with zero attached hydrogens (tertiary/aromatic N) is 4. The summed E-state index contributed by atoms with van der Waals surface area (Å²) in [5.74, 6) is 1.73. The van der Waals surface area contributed by atoms with Crippen LogP contribution >= 0.6 is 23.1 Å². The van der Waals surface area contributed by atoms with E-state index in [1.54, 1.807) is 14.0 Å². The van der Waals surface area contributed by atoms with Crippen molar-refractivity contribution in [2.24, 2.45) is 0 Å². The summed E-state index contributed by atoms with van der Waals surface area (Å²) in [7, 11) is 2.95. The van der Waals surface area contributed by atoms with Gasteiger partial charge in [0.1, 0.15) is 27.9 Å². The van der Waals surface area contributed by atoms with Crippen molar-refractivity contribution in [2.45, 2.75) is 31.0 Å². The number of benzene rings is 2. The largest absolute Gasteiger partial charge is 0.485 e. The van der Waals surface area contributed by atoms with Crippen molar-refractivity contribution < 1.29 is 19.0 Å². The van der Waals surface area contributed by atoms with Crippen LogP contribution < -0.4 is 10.3 Å². The molecule has 0 aliphatic carbocycles. The first-order chi connectivity index (χ1) is 19.5. The number of esters is 1. The molecule has 3 aromatic heterocycles. The molecule has 0 radical (unpaired) electrons. The third-order valence-electron chi connectivity index (χ3n) is 6.20. The number of thioether (sulfide) groups is 1. The Bertz CT molecular complexity index is 1700. The molecule has 1 N–H and O–H groups in total. The molecule has 0 spiro atoms. The van der Waals surface area contributed by atoms with Gasteiger partial charge in [0.25, 0.3) is 5.56 Å². The number of hydrogen-bond acceptors (Lipinski definition) is 10. The smallest absolute Gasteiger partial charge is 0.348 e. The molecule has 10 nitrogen and oxygen atoms in total. The van der Waals surface area contributed by atoms with Gasteiger partial charge in [-0.05, 0) is 24.1 Å². The fourth-order valence-electron chi connectivity index (χ4n) is 4.21. The fraction of sp³-hybridized carbons (Fsp3) is 0.250. The van der Waals surface area contributed by atoms with E-state index >= 15 is 0 Å². The second kappa shape index (κ2) is 12.5. The summed E-state index contributed by atoms with van der Waals surface area (Å²) in [6, 6.07) is 17.9. The van der Waals surface area contributed by atoms with Crippen molar-refractivity contribution in [3.05, 3.63) is 87.0 Å². The minimum atomic E-state index is -0.483. The first kappa shape index (κ1) is 27.6. The van der Waals surface area contributed by atoms with E-state index < -0.39 is 5.97 Å². The van der Waals surface area contributed by atoms with E-state index in [0.29, 0.717) is 56.4 Å². The van der Waals surface area contributed by atoms with E-state index in [-0.39, 0.29) is 12.2 Å². The average Bonchev–Trinajstić information content (AvgIpc) is 3.53. The number of carbonyl (C=O) groups excluding carboxylic acids is 1. The van der Waals surface area contributed by atoms with E-state index in [4.69, 9.17) is 14.2 Å². The second-order valence-corrected chi connectivity index (χ2v) is 10.7. The molecular formula is C28H27N5O5S2. The maximum Gasteiger partial charge on any atom is 0.348 e. The second-order valence-electron chi connectivity index (χ2n) is 8.72. The molecule has 12 heteroatoms. The van der Waals surface area contributed by atoms with Gasteiger partial charge in [-0.3, -0.25) is 4.79 Å². The van der Waals surface area contributed by atoms with Crippen LogP contribution in [-0.2, 0) is 28.4 Å². The predicted octanol–water partition coefficient (Wildman–Crippen LogP) is 4.86. The maximum atomic E-state index is 12.8. The van der Waals surface area contributed by atoms with Gasteiger partial charge < -0.3 is 23.8 Å². The zero-order chi connectivity index (χ0) is 28.1. The molecule has 0 aliphatic rings. The van der Waals surface area contributed by atoms with Crippen molar-refractivity contribution in [1.82, 2.24) is 24.7 Å². The molecule has 0 saturated heterocycles. The highest BCUT2D eigenvalue weighted by Crippen LogP contribution is 2.31. The minimum Gasteiger partial charge on any atom is -0.485 e. The van der Waals surface area contributed by atoms with Crippen LogP contribution in [0.4, 0.5) is 0 Å². The predicted molar refractivity (Wildman–Crippen MR) is 154 cm³/mol. The van der Waals surface area contributed by atoms with Gasteiger partial charge in [0, 0.05) is 19.2 Å². The molecule has 5 aromatic rings. The number of nitrogens with one attached hydrogen (secondary N) is 1. The third-order valence-corrected chi connectivity index (χ3v) is 8.34. The quantitative estimate of drug-likeness (QED) is 0.173. The van der Waals surface area contributed by atoms with Crippen LogP contribution in [0.1, 0.15) is 26.9 Å². The van der Waals surface area contributed by atoms with Gasteiger partial charge in [-0.2, -0.15) is 0 Å². The first-order valence-corrected chi connectivity index (χ1v) is 14.2. The molecular weight excluding hydrogens is 550 g/mol. The van der Waals surface area contributed by atoms with Crippen LogP contribution in [0.15, 0.2) is 64.5 Å². The number of carbonyl (C=O) groups is 1. The number of ether oxygens (including phenoxy) is 3. The van der Waals surface area contributed by atoms with Gasteiger partial charge in [0.05, 0.1) is 24.9 Å². The first-order valence-electron chi connectivity index (χ1n) is 12.4. The van der Waals surface area contributed by atoms with Crippen molar-refractivity contribution in [3.63, 3.8) is 0 Å². The average molecular weight is 578 g/mol. The number of H-pyrrole nitrogens is 1. The molecule has 206 valence electrons. The Kier molecular flexibility index (Phi) is 8.58. The van der Waals surface area contributed by atoms with Crippen LogP contribution in [0.5, 0.6) is 5.75 Å². The summed E-state index contributed by atoms with van der Waals surface area (Å²) < 4.78 is 18.3. The highest BCUT2D eigenvalue weighted by Gasteiger charge is 2.20. The lowest BCUT2D eigenvalue weighted by Crippen LogP contribution is -2.13. The molecule has 40 heavy (non-hydrogen) atoms. The molecule has 0 amide bonds. The van der Waals surface area contributed by atoms with Crippen LogP contribution in [0.2, 0.25) is 0 Å². The Hall–Kier alpha value is -4.00. The number of fused-ring (bicyclic) bond motifs is 1. The lowest BCUT2D eigenvalue weighted by atomic mass is 10.1. The topological polar surface area (TPSA) is 121 Å². The number of hydrogen-bond donors (Lipinski definition) is 1. The van der Waals surface area contributed by atoms with Crippen molar-refractivity contribution >= 4 is 39.3 Å². The van der Waals surface area contributed by atoms with Gasteiger partial charge in [0.15, 0.2) is 11.0 Å². The van der Waals surface area contributed by atoms with Gasteiger partial charge in [0.2, 0.25) is 0 Å². The highest BCUT2D eigenvalue weighted by atomic mass is 32.2. The van der Waals surface area contributed by atoms with E-state index in [0.717, 1.165) is 28.2 Å². The van der Waals surface area contributed by atoms with Crippen LogP contribution in [-0.4, -0.2) is 51.5 Å². The number of aryl methyl sites for hydroxylation is 1. The molecule has 0 unspecified atom stereocenters. The zero-order valence-electron chi connectivity index (χ0n) is 22.2. The van der Waals surface area contributed by atoms with Gasteiger partial charge >= 0.3 is 5.97 Å². The van der Waals surface area contributed by atoms with Gasteiger partial charge in [-0.1, -0.05) is 60.3 Å². The Balaban J connectivity index is 1.35. The Labute approximate surface area is 238 Å². The summed E-state index contributed by atoms with van der Waals surface area (Å²) in [4.78, 5) is 33.2. The summed E-state index contributed by atoms with van der Waals surface area (Å²) in [5, 5.41) is 9.80. The number of thiophene rings is 1. The zero-order valence-corrected chi connectivity index (χ0v) is 23.8. The number of aromatic amines is 1. The summed E-state index contributed by atoms with van der Waals surface area (Å²) in [6.45, 7) is 2.93. The van der Waals surface area contributed by atoms with Crippen molar-refractivity contribution in [2.75, 3.05) is 20.8 Å². The monoisotopic (exact) mass is 577 g/mol. The standard InChI is InChI=1S/C28H27N5O5S2/c1-17-23-25(34)29-21(30-26(23)40-24(17)27(35)37-3)16-39-28-32-31-22(33(28)13-14-36-2)15-38-20-12-8-7-11-19(20)18-9-5-4-6-10-18/h4-12H,13-16H2,1-3H3,(H,29,30,34). The molecule has 0 fully saturated rings. The van der Waals surface area contributed by atoms with Gasteiger partial charge in [-0.15, -0.1) is 21.5 Å². The summed E-state index contributed by atoms with van der Waals surface area (Å²) in [6.07, 6.45) is 0. The molecule has 5 rings (SSSR count). The minimum absolute atomic E-state index is 0.215. The van der Waals surface area contributed by atoms with Crippen LogP contribution in [0.3, 0.4) is 0 Å². The summed E-state index contributed by atoms with van der Waals surface area (Å²) >= 11 is 2.54. The Morgan fingerprint density at radius 2 is 1.85 bits per heavy atom. The van der Waals surface area contributed by atoms with Crippen LogP contribution in [0, 0.1) is 6.92 Å². The third kappa shape index (κ3) is 5.79. The number of rotatable bonds is 11. The molecule has 0 aliphatic heterocycles. The molecule has 2 aromatic carbocycles. The number of aromatic nitrogens is 5. The van der Waals surface area contributed by atoms with Gasteiger partial charge in [-0.25, -0.2) is 9.78 Å². The van der Waals surface area contributed by atoms with E-state index in [1.807, 2.05) is 59.2 Å². The van der Waals surface area contributed by atoms with E-state index in [1.165, 1.54) is 18.9 Å². The molecule has 0 bridgehead atoms. The van der Waals surface area contributed by atoms with Crippen molar-refractivity contribution in [3.8, 4) is 16.9 Å². The maximum absolute atomic E-state index is 12.8. The highest BCUT2D eigenvalue weighted by molar-refractivity contribution is 7.98. The fourth-order valence-corrected chi connectivity index (χ4v) is 6.18. The number of para-hydroxylation sites is 1. The lowest BCUT2D eigenvalue weighted by Gasteiger charge is -2.13. The number of methoxy groups -OCH3 is 2. The SMILES string of the molecule is COCCn1c(COc2ccccc2-c2ccccc2)nnc1SCc1nc2sc(C(=O)OC)c(C)c2c(=O)[nH]1. The normalized spacial score (nSPS) is 11.2. The lowest BCUT2D eigenvalue weighted by molar-refractivity contribution is 0.0605. The van der Waals surface area contributed by atoms with E-state index in [9.17, 15) is 9.59 Å². The Morgan fingerprint density at radius 3 is 2.62 bits per heavy atom. The molecule has 0 saturated carbocycles. The molecule has 0 atom stereocenters. The summed E-state index contributed by atoms with van der Waals surface area (Å²) in [5.41, 5.74) is 2.33. The van der Waals surface area contributed by atoms with E-state index in [2.05, 4.69) is 20.2 Å².